The Morgan fingerprint density at radius 2 is 1.53 bits per heavy atom. The van der Waals surface area contributed by atoms with Crippen LogP contribution in [0, 0.1) is 0 Å². The highest BCUT2D eigenvalue weighted by molar-refractivity contribution is 6.08. The maximum absolute atomic E-state index is 12.1. The number of Topliss-reactive ketones (excluding diaryl/α,β-unsaturated/α-hetero) is 1. The van der Waals surface area contributed by atoms with Crippen LogP contribution >= 0.6 is 0 Å². The van der Waals surface area contributed by atoms with E-state index in [0.29, 0.717) is 0 Å². The molecule has 0 amide bonds. The third-order valence-corrected chi connectivity index (χ3v) is 3.12. The number of benzene rings is 2. The van der Waals surface area contributed by atoms with Gasteiger partial charge in [-0.3, -0.25) is 4.79 Å². The van der Waals surface area contributed by atoms with Gasteiger partial charge in [-0.1, -0.05) is 66.7 Å². The van der Waals surface area contributed by atoms with E-state index in [1.807, 2.05) is 61.5 Å². The molecule has 0 aliphatic rings. The predicted molar refractivity (Wildman–Crippen MR) is 79.3 cm³/mol. The molecule has 0 spiro atoms. The average Bonchev–Trinajstić information content (AvgIpc) is 2.48. The van der Waals surface area contributed by atoms with Crippen molar-refractivity contribution in [2.24, 2.45) is 0 Å². The summed E-state index contributed by atoms with van der Waals surface area (Å²) >= 11 is 0. The Hall–Kier alpha value is -2.15. The second-order valence-electron chi connectivity index (χ2n) is 4.61. The van der Waals surface area contributed by atoms with Crippen LogP contribution in [0.1, 0.15) is 29.3 Å². The van der Waals surface area contributed by atoms with Crippen LogP contribution in [-0.4, -0.2) is 5.78 Å². The molecular formula is C18H18O. The quantitative estimate of drug-likeness (QED) is 0.566. The fourth-order valence-electron chi connectivity index (χ4n) is 2.01. The lowest BCUT2D eigenvalue weighted by atomic mass is 10.0. The van der Waals surface area contributed by atoms with Crippen LogP contribution in [0.25, 0.3) is 0 Å². The summed E-state index contributed by atoms with van der Waals surface area (Å²) < 4.78 is 0. The second-order valence-corrected chi connectivity index (χ2v) is 4.61. The summed E-state index contributed by atoms with van der Waals surface area (Å²) in [6.45, 7) is 1.89. The zero-order valence-electron chi connectivity index (χ0n) is 11.2. The maximum atomic E-state index is 12.1. The molecule has 0 unspecified atom stereocenters. The largest absolute Gasteiger partial charge is 0.289 e. The van der Waals surface area contributed by atoms with Gasteiger partial charge in [0.05, 0.1) is 0 Å². The molecule has 0 saturated carbocycles. The van der Waals surface area contributed by atoms with Gasteiger partial charge in [0.15, 0.2) is 5.78 Å². The monoisotopic (exact) mass is 250 g/mol. The first-order valence-electron chi connectivity index (χ1n) is 6.58. The number of carbonyl (C=O) groups is 1. The highest BCUT2D eigenvalue weighted by Crippen LogP contribution is 2.10. The Labute approximate surface area is 114 Å². The van der Waals surface area contributed by atoms with Crippen LogP contribution in [0.15, 0.2) is 72.3 Å². The molecule has 0 bridgehead atoms. The summed E-state index contributed by atoms with van der Waals surface area (Å²) in [7, 11) is 0. The average molecular weight is 250 g/mol. The third-order valence-electron chi connectivity index (χ3n) is 3.12. The molecule has 0 saturated heterocycles. The molecule has 0 aliphatic heterocycles. The third kappa shape index (κ3) is 3.92. The van der Waals surface area contributed by atoms with Gasteiger partial charge >= 0.3 is 0 Å². The first kappa shape index (κ1) is 13.3. The van der Waals surface area contributed by atoms with Crippen molar-refractivity contribution in [3.05, 3.63) is 83.4 Å². The summed E-state index contributed by atoms with van der Waals surface area (Å²) in [4.78, 5) is 12.1. The molecule has 96 valence electrons. The van der Waals surface area contributed by atoms with E-state index in [0.717, 1.165) is 24.0 Å². The van der Waals surface area contributed by atoms with Gasteiger partial charge < -0.3 is 0 Å². The molecule has 0 aromatic heterocycles. The summed E-state index contributed by atoms with van der Waals surface area (Å²) in [5, 5.41) is 0. The molecule has 0 N–H and O–H groups in total. The van der Waals surface area contributed by atoms with Crippen LogP contribution in [-0.2, 0) is 6.42 Å². The lowest BCUT2D eigenvalue weighted by Crippen LogP contribution is -2.00. The molecular weight excluding hydrogens is 232 g/mol. The van der Waals surface area contributed by atoms with E-state index in [2.05, 4.69) is 12.1 Å². The standard InChI is InChI=1S/C18H18O/c1-15(18(19)17-13-6-3-7-14-17)9-8-12-16-10-4-2-5-11-16/h2-7,9-11,13-14H,8,12H2,1H3. The lowest BCUT2D eigenvalue weighted by molar-refractivity contribution is 0.103. The molecule has 2 aromatic rings. The number of carbonyl (C=O) groups excluding carboxylic acids is 1. The molecule has 1 nitrogen and oxygen atoms in total. The number of ketones is 1. The van der Waals surface area contributed by atoms with Crippen molar-refractivity contribution in [2.45, 2.75) is 19.8 Å². The Morgan fingerprint density at radius 1 is 0.947 bits per heavy atom. The molecule has 0 heterocycles. The topological polar surface area (TPSA) is 17.1 Å². The van der Waals surface area contributed by atoms with Crippen molar-refractivity contribution in [3.63, 3.8) is 0 Å². The van der Waals surface area contributed by atoms with Crippen LogP contribution in [0.3, 0.4) is 0 Å². The van der Waals surface area contributed by atoms with Gasteiger partial charge in [0.2, 0.25) is 0 Å². The van der Waals surface area contributed by atoms with Crippen LogP contribution in [0.5, 0.6) is 0 Å². The molecule has 2 rings (SSSR count). The van der Waals surface area contributed by atoms with Crippen molar-refractivity contribution < 1.29 is 4.79 Å². The molecule has 0 fully saturated rings. The van der Waals surface area contributed by atoms with E-state index in [-0.39, 0.29) is 5.78 Å². The lowest BCUT2D eigenvalue weighted by Gasteiger charge is -2.02. The van der Waals surface area contributed by atoms with Crippen LogP contribution in [0.2, 0.25) is 0 Å². The fraction of sp³-hybridized carbons (Fsp3) is 0.167. The summed E-state index contributed by atoms with van der Waals surface area (Å²) in [5.74, 6) is 0.119. The maximum Gasteiger partial charge on any atom is 0.188 e. The first-order chi connectivity index (χ1) is 9.27. The fourth-order valence-corrected chi connectivity index (χ4v) is 2.01. The summed E-state index contributed by atoms with van der Waals surface area (Å²) in [6.07, 6.45) is 3.90. The first-order valence-corrected chi connectivity index (χ1v) is 6.58. The number of hydrogen-bond acceptors (Lipinski definition) is 1. The predicted octanol–water partition coefficient (Wildman–Crippen LogP) is 4.45. The Kier molecular flexibility index (Phi) is 4.68. The number of aryl methyl sites for hydroxylation is 1. The van der Waals surface area contributed by atoms with Crippen LogP contribution in [0.4, 0.5) is 0 Å². The van der Waals surface area contributed by atoms with Gasteiger partial charge in [0.1, 0.15) is 0 Å². The minimum atomic E-state index is 0.119. The molecule has 0 atom stereocenters. The molecule has 0 radical (unpaired) electrons. The normalized spacial score (nSPS) is 11.3. The summed E-state index contributed by atoms with van der Waals surface area (Å²) in [6, 6.07) is 19.8. The van der Waals surface area contributed by atoms with Gasteiger partial charge in [-0.05, 0) is 30.9 Å². The smallest absolute Gasteiger partial charge is 0.188 e. The molecule has 2 aromatic carbocycles. The highest BCUT2D eigenvalue weighted by atomic mass is 16.1. The number of hydrogen-bond donors (Lipinski definition) is 0. The zero-order chi connectivity index (χ0) is 13.5. The van der Waals surface area contributed by atoms with Gasteiger partial charge in [0, 0.05) is 5.56 Å². The van der Waals surface area contributed by atoms with Gasteiger partial charge in [-0.25, -0.2) is 0 Å². The second kappa shape index (κ2) is 6.69. The number of allylic oxidation sites excluding steroid dienone is 2. The van der Waals surface area contributed by atoms with E-state index in [4.69, 9.17) is 0 Å². The van der Waals surface area contributed by atoms with E-state index in [1.165, 1.54) is 5.56 Å². The van der Waals surface area contributed by atoms with Gasteiger partial charge in [0.25, 0.3) is 0 Å². The van der Waals surface area contributed by atoms with E-state index < -0.39 is 0 Å². The van der Waals surface area contributed by atoms with Crippen molar-refractivity contribution in [3.8, 4) is 0 Å². The van der Waals surface area contributed by atoms with E-state index in [9.17, 15) is 4.79 Å². The van der Waals surface area contributed by atoms with E-state index in [1.54, 1.807) is 0 Å². The van der Waals surface area contributed by atoms with Crippen molar-refractivity contribution in [2.75, 3.05) is 0 Å². The number of rotatable bonds is 5. The van der Waals surface area contributed by atoms with Crippen molar-refractivity contribution in [1.82, 2.24) is 0 Å². The van der Waals surface area contributed by atoms with Crippen molar-refractivity contribution >= 4 is 5.78 Å². The molecule has 0 aliphatic carbocycles. The SMILES string of the molecule is CC(=CCCc1ccccc1)C(=O)c1ccccc1. The minimum absolute atomic E-state index is 0.119. The zero-order valence-corrected chi connectivity index (χ0v) is 11.2. The Balaban J connectivity index is 1.94. The summed E-state index contributed by atoms with van der Waals surface area (Å²) in [5.41, 5.74) is 2.89. The molecule has 1 heteroatoms. The van der Waals surface area contributed by atoms with Crippen LogP contribution < -0.4 is 0 Å². The molecule has 19 heavy (non-hydrogen) atoms. The Bertz CT molecular complexity index is 553. The Morgan fingerprint density at radius 3 is 2.16 bits per heavy atom. The van der Waals surface area contributed by atoms with Gasteiger partial charge in [-0.15, -0.1) is 0 Å². The highest BCUT2D eigenvalue weighted by Gasteiger charge is 2.06. The van der Waals surface area contributed by atoms with E-state index >= 15 is 0 Å². The van der Waals surface area contributed by atoms with Crippen molar-refractivity contribution in [1.29, 1.82) is 0 Å². The van der Waals surface area contributed by atoms with Gasteiger partial charge in [-0.2, -0.15) is 0 Å². The minimum Gasteiger partial charge on any atom is -0.289 e.